The highest BCUT2D eigenvalue weighted by Crippen LogP contribution is 2.41. The van der Waals surface area contributed by atoms with Crippen LogP contribution < -0.4 is 15.4 Å². The van der Waals surface area contributed by atoms with Gasteiger partial charge >= 0.3 is 6.03 Å². The molecule has 5 rings (SSSR count). The van der Waals surface area contributed by atoms with Crippen molar-refractivity contribution in [1.29, 1.82) is 0 Å². The zero-order valence-electron chi connectivity index (χ0n) is 24.1. The lowest BCUT2D eigenvalue weighted by Crippen LogP contribution is -2.54. The summed E-state index contributed by atoms with van der Waals surface area (Å²) in [7, 11) is 3.35. The van der Waals surface area contributed by atoms with E-state index in [4.69, 9.17) is 10.5 Å². The summed E-state index contributed by atoms with van der Waals surface area (Å²) in [6, 6.07) is 15.8. The molecule has 0 radical (unpaired) electrons. The molecular weight excluding hydrogens is 524 g/mol. The lowest BCUT2D eigenvalue weighted by atomic mass is 9.83. The number of carbonyl (C=O) groups excluding carboxylic acids is 1. The summed E-state index contributed by atoms with van der Waals surface area (Å²) in [5.74, 6) is -1.41. The number of hydrogen-bond acceptors (Lipinski definition) is 5. The normalized spacial score (nSPS) is 21.8. The van der Waals surface area contributed by atoms with Gasteiger partial charge in [0.05, 0.1) is 19.2 Å². The molecule has 0 atom stereocenters. The molecule has 41 heavy (non-hydrogen) atoms. The Morgan fingerprint density at radius 2 is 1.80 bits per heavy atom. The number of allylic oxidation sites excluding steroid dienone is 1. The smallest absolute Gasteiger partial charge is 0.325 e. The number of halogens is 2. The molecule has 0 unspecified atom stereocenters. The second-order valence-electron chi connectivity index (χ2n) is 11.7. The van der Waals surface area contributed by atoms with Crippen LogP contribution in [0.1, 0.15) is 49.7 Å². The van der Waals surface area contributed by atoms with E-state index in [9.17, 15) is 13.6 Å². The minimum Gasteiger partial charge on any atom is -0.497 e. The van der Waals surface area contributed by atoms with Crippen molar-refractivity contribution in [2.75, 3.05) is 45.2 Å². The molecule has 2 aromatic rings. The zero-order chi connectivity index (χ0) is 29.0. The molecule has 2 aromatic carbocycles. The lowest BCUT2D eigenvalue weighted by Gasteiger charge is -2.45. The predicted octanol–water partition coefficient (Wildman–Crippen LogP) is 5.80. The van der Waals surface area contributed by atoms with Gasteiger partial charge in [-0.1, -0.05) is 24.3 Å². The first-order chi connectivity index (χ1) is 19.8. The number of piperidine rings is 1. The average Bonchev–Trinajstić information content (AvgIpc) is 3.24. The minimum atomic E-state index is -2.50. The molecule has 0 aromatic heterocycles. The molecule has 2 heterocycles. The number of carbonyl (C=O) groups is 1. The highest BCUT2D eigenvalue weighted by atomic mass is 19.3. The van der Waals surface area contributed by atoms with E-state index in [-0.39, 0.29) is 24.4 Å². The number of anilines is 1. The molecule has 1 spiro atoms. The van der Waals surface area contributed by atoms with Crippen molar-refractivity contribution < 1.29 is 18.3 Å². The van der Waals surface area contributed by atoms with Crippen LogP contribution in [0, 0.1) is 5.92 Å². The van der Waals surface area contributed by atoms with E-state index >= 15 is 0 Å². The molecule has 2 amide bonds. The molecule has 2 saturated heterocycles. The summed E-state index contributed by atoms with van der Waals surface area (Å²) in [5.41, 5.74) is 9.10. The van der Waals surface area contributed by atoms with Gasteiger partial charge in [0.15, 0.2) is 0 Å². The monoisotopic (exact) mass is 565 g/mol. The van der Waals surface area contributed by atoms with E-state index in [0.29, 0.717) is 31.8 Å². The highest BCUT2D eigenvalue weighted by Gasteiger charge is 2.51. The first-order valence-electron chi connectivity index (χ1n) is 14.5. The number of alkyl halides is 2. The van der Waals surface area contributed by atoms with Crippen molar-refractivity contribution in [3.8, 4) is 5.75 Å². The number of rotatable bonds is 8. The largest absolute Gasteiger partial charge is 0.497 e. The van der Waals surface area contributed by atoms with Crippen LogP contribution in [-0.4, -0.2) is 73.8 Å². The standard InChI is InChI=1S/C32H41F2N5O2/c1-36-20-27(19-35)26-6-8-28(9-7-26)38-23-31(39(30(38)40)22-25-4-3-5-29(18-25)41-2)14-16-37(17-15-31)21-24-10-12-32(33,34)13-11-24/h3-9,18-20,24H,10-17,21-23,35H2,1-2H3/b27-19+,36-20-. The fourth-order valence-electron chi connectivity index (χ4n) is 6.60. The number of amides is 2. The topological polar surface area (TPSA) is 74.4 Å². The number of methoxy groups -OCH3 is 1. The SMILES string of the molecule is C/N=C\C(=C/N)c1ccc(N2CC3(CCN(CC4CCC(F)(F)CC4)CC3)N(Cc3cccc(OC)c3)C2=O)cc1. The van der Waals surface area contributed by atoms with Gasteiger partial charge in [-0.25, -0.2) is 13.6 Å². The number of aliphatic imine (C=N–C) groups is 1. The maximum absolute atomic E-state index is 14.1. The Labute approximate surface area is 241 Å². The summed E-state index contributed by atoms with van der Waals surface area (Å²) < 4.78 is 32.8. The molecule has 220 valence electrons. The van der Waals surface area contributed by atoms with Crippen LogP contribution in [0.4, 0.5) is 19.3 Å². The number of likely N-dealkylation sites (tertiary alicyclic amines) is 1. The third-order valence-corrected chi connectivity index (χ3v) is 9.06. The Morgan fingerprint density at radius 3 is 2.44 bits per heavy atom. The number of benzene rings is 2. The summed E-state index contributed by atoms with van der Waals surface area (Å²) in [6.45, 7) is 3.66. The molecule has 0 bridgehead atoms. The summed E-state index contributed by atoms with van der Waals surface area (Å²) in [4.78, 5) is 24.5. The average molecular weight is 566 g/mol. The Balaban J connectivity index is 1.35. The molecule has 2 N–H and O–H groups in total. The van der Waals surface area contributed by atoms with Crippen LogP contribution in [0.3, 0.4) is 0 Å². The fourth-order valence-corrected chi connectivity index (χ4v) is 6.60. The first-order valence-corrected chi connectivity index (χ1v) is 14.5. The van der Waals surface area contributed by atoms with Crippen LogP contribution in [-0.2, 0) is 6.54 Å². The van der Waals surface area contributed by atoms with Crippen LogP contribution in [0.25, 0.3) is 5.57 Å². The molecule has 3 aliphatic rings. The van der Waals surface area contributed by atoms with E-state index in [1.54, 1.807) is 20.4 Å². The second kappa shape index (κ2) is 12.2. The van der Waals surface area contributed by atoms with Crippen molar-refractivity contribution >= 4 is 23.5 Å². The maximum atomic E-state index is 14.1. The molecule has 2 aliphatic heterocycles. The van der Waals surface area contributed by atoms with Crippen molar-refractivity contribution in [2.24, 2.45) is 16.6 Å². The number of nitrogens with zero attached hydrogens (tertiary/aromatic N) is 4. The van der Waals surface area contributed by atoms with Gasteiger partial charge in [-0.3, -0.25) is 9.89 Å². The predicted molar refractivity (Wildman–Crippen MR) is 160 cm³/mol. The van der Waals surface area contributed by atoms with Gasteiger partial charge in [0.2, 0.25) is 5.92 Å². The highest BCUT2D eigenvalue weighted by molar-refractivity contribution is 6.09. The van der Waals surface area contributed by atoms with Crippen LogP contribution in [0.5, 0.6) is 5.75 Å². The number of hydrogen-bond donors (Lipinski definition) is 1. The van der Waals surface area contributed by atoms with E-state index in [2.05, 4.69) is 9.89 Å². The van der Waals surface area contributed by atoms with Crippen LogP contribution >= 0.6 is 0 Å². The molecular formula is C32H41F2N5O2. The lowest BCUT2D eigenvalue weighted by molar-refractivity contribution is -0.0505. The maximum Gasteiger partial charge on any atom is 0.325 e. The Bertz CT molecular complexity index is 1260. The van der Waals surface area contributed by atoms with E-state index < -0.39 is 5.92 Å². The molecule has 1 saturated carbocycles. The van der Waals surface area contributed by atoms with Crippen molar-refractivity contribution in [3.63, 3.8) is 0 Å². The van der Waals surface area contributed by atoms with Crippen molar-refractivity contribution in [1.82, 2.24) is 9.80 Å². The minimum absolute atomic E-state index is 0.000178. The van der Waals surface area contributed by atoms with Gasteiger partial charge in [-0.15, -0.1) is 0 Å². The summed E-state index contributed by atoms with van der Waals surface area (Å²) in [6.07, 6.45) is 6.10. The van der Waals surface area contributed by atoms with Crippen LogP contribution in [0.15, 0.2) is 59.7 Å². The third kappa shape index (κ3) is 6.40. The zero-order valence-corrected chi connectivity index (χ0v) is 24.1. The number of nitrogens with two attached hydrogens (primary N) is 1. The Morgan fingerprint density at radius 1 is 1.10 bits per heavy atom. The summed E-state index contributed by atoms with van der Waals surface area (Å²) in [5, 5.41) is 0. The van der Waals surface area contributed by atoms with Gasteiger partial charge in [0.1, 0.15) is 5.75 Å². The molecule has 3 fully saturated rings. The molecule has 9 heteroatoms. The van der Waals surface area contributed by atoms with E-state index in [0.717, 1.165) is 60.6 Å². The molecule has 1 aliphatic carbocycles. The van der Waals surface area contributed by atoms with Gasteiger partial charge in [0.25, 0.3) is 0 Å². The van der Waals surface area contributed by atoms with Crippen molar-refractivity contribution in [3.05, 3.63) is 65.9 Å². The first kappa shape index (κ1) is 29.0. The Kier molecular flexibility index (Phi) is 8.63. The van der Waals surface area contributed by atoms with Gasteiger partial charge in [-0.05, 0) is 67.0 Å². The van der Waals surface area contributed by atoms with Crippen molar-refractivity contribution in [2.45, 2.75) is 56.5 Å². The fraction of sp³-hybridized carbons (Fsp3) is 0.500. The van der Waals surface area contributed by atoms with Gasteiger partial charge in [0, 0.05) is 69.7 Å². The van der Waals surface area contributed by atoms with Gasteiger partial charge < -0.3 is 20.3 Å². The van der Waals surface area contributed by atoms with Gasteiger partial charge in [-0.2, -0.15) is 0 Å². The van der Waals surface area contributed by atoms with E-state index in [1.165, 1.54) is 6.20 Å². The second-order valence-corrected chi connectivity index (χ2v) is 11.7. The quantitative estimate of drug-likeness (QED) is 0.411. The van der Waals surface area contributed by atoms with E-state index in [1.807, 2.05) is 58.3 Å². The van der Waals surface area contributed by atoms with Crippen LogP contribution in [0.2, 0.25) is 0 Å². The number of ether oxygens (including phenoxy) is 1. The Hall–Kier alpha value is -3.46. The third-order valence-electron chi connectivity index (χ3n) is 9.06. The number of urea groups is 1. The molecule has 7 nitrogen and oxygen atoms in total. The summed E-state index contributed by atoms with van der Waals surface area (Å²) >= 11 is 0.